The Hall–Kier alpha value is -1.04. The van der Waals surface area contributed by atoms with E-state index in [0.29, 0.717) is 0 Å². The smallest absolute Gasteiger partial charge is 0.0205 e. The predicted molar refractivity (Wildman–Crippen MR) is 101 cm³/mol. The molecule has 0 aliphatic heterocycles. The highest BCUT2D eigenvalue weighted by molar-refractivity contribution is 5.27. The zero-order valence-corrected chi connectivity index (χ0v) is 14.8. The number of allylic oxidation sites excluding steroid dienone is 2. The predicted octanol–water partition coefficient (Wildman–Crippen LogP) is 6.88. The normalized spacial score (nSPS) is 27.3. The van der Waals surface area contributed by atoms with Crippen molar-refractivity contribution in [1.82, 2.24) is 0 Å². The zero-order chi connectivity index (χ0) is 15.7. The molecule has 0 aromatic heterocycles. The van der Waals surface area contributed by atoms with Gasteiger partial charge in [-0.1, -0.05) is 62.1 Å². The first-order valence-corrected chi connectivity index (χ1v) is 10.2. The summed E-state index contributed by atoms with van der Waals surface area (Å²) in [6, 6.07) is 8.87. The summed E-state index contributed by atoms with van der Waals surface area (Å²) in [5, 5.41) is 0. The van der Waals surface area contributed by atoms with Crippen molar-refractivity contribution in [2.75, 3.05) is 0 Å². The van der Waals surface area contributed by atoms with E-state index in [4.69, 9.17) is 0 Å². The van der Waals surface area contributed by atoms with Gasteiger partial charge in [-0.25, -0.2) is 0 Å². The lowest BCUT2D eigenvalue weighted by Gasteiger charge is -2.19. The van der Waals surface area contributed by atoms with Crippen molar-refractivity contribution < 1.29 is 0 Å². The summed E-state index contributed by atoms with van der Waals surface area (Å²) in [6.45, 7) is 0. The van der Waals surface area contributed by atoms with Gasteiger partial charge in [0.15, 0.2) is 0 Å². The van der Waals surface area contributed by atoms with Crippen molar-refractivity contribution >= 4 is 0 Å². The molecule has 23 heavy (non-hydrogen) atoms. The molecule has 1 fully saturated rings. The molecule has 2 unspecified atom stereocenters. The molecule has 126 valence electrons. The van der Waals surface area contributed by atoms with Crippen LogP contribution in [0, 0.1) is 11.8 Å². The topological polar surface area (TPSA) is 0 Å². The SMILES string of the molecule is C1=CC2CCCCCC2CCC1.c1ccc2c(c1)CCCCC2. The first-order chi connectivity index (χ1) is 11.4. The number of rotatable bonds is 0. The first kappa shape index (κ1) is 16.8. The maximum atomic E-state index is 2.52. The molecule has 2 atom stereocenters. The number of hydrogen-bond acceptors (Lipinski definition) is 0. The Balaban J connectivity index is 0.000000136. The van der Waals surface area contributed by atoms with Crippen LogP contribution in [-0.4, -0.2) is 0 Å². The molecule has 0 bridgehead atoms. The Bertz CT molecular complexity index is 460. The number of aryl methyl sites for hydroxylation is 2. The highest BCUT2D eigenvalue weighted by Gasteiger charge is 2.22. The number of fused-ring (bicyclic) bond motifs is 2. The van der Waals surface area contributed by atoms with Gasteiger partial charge in [0.25, 0.3) is 0 Å². The third-order valence-corrected chi connectivity index (χ3v) is 6.06. The van der Waals surface area contributed by atoms with E-state index in [-0.39, 0.29) is 0 Å². The van der Waals surface area contributed by atoms with Gasteiger partial charge in [0.2, 0.25) is 0 Å². The second-order valence-corrected chi connectivity index (χ2v) is 7.75. The van der Waals surface area contributed by atoms with E-state index in [1.807, 2.05) is 0 Å². The monoisotopic (exact) mass is 310 g/mol. The molecule has 1 saturated carbocycles. The lowest BCUT2D eigenvalue weighted by atomic mass is 9.86. The molecule has 0 amide bonds. The fraction of sp³-hybridized carbons (Fsp3) is 0.652. The van der Waals surface area contributed by atoms with Crippen LogP contribution >= 0.6 is 0 Å². The van der Waals surface area contributed by atoms with E-state index in [0.717, 1.165) is 11.8 Å². The van der Waals surface area contributed by atoms with E-state index in [9.17, 15) is 0 Å². The Labute approximate surface area is 143 Å². The lowest BCUT2D eigenvalue weighted by Crippen LogP contribution is -2.09. The average molecular weight is 311 g/mol. The lowest BCUT2D eigenvalue weighted by molar-refractivity contribution is 0.350. The summed E-state index contributed by atoms with van der Waals surface area (Å²) in [5.74, 6) is 2.00. The number of benzene rings is 1. The molecule has 0 radical (unpaired) electrons. The van der Waals surface area contributed by atoms with Crippen LogP contribution in [0.15, 0.2) is 36.4 Å². The fourth-order valence-corrected chi connectivity index (χ4v) is 4.65. The maximum Gasteiger partial charge on any atom is -0.0205 e. The van der Waals surface area contributed by atoms with E-state index in [1.165, 1.54) is 83.5 Å². The summed E-state index contributed by atoms with van der Waals surface area (Å²) in [5.41, 5.74) is 3.18. The van der Waals surface area contributed by atoms with E-state index in [2.05, 4.69) is 36.4 Å². The van der Waals surface area contributed by atoms with Crippen LogP contribution in [0.5, 0.6) is 0 Å². The molecule has 0 N–H and O–H groups in total. The van der Waals surface area contributed by atoms with Gasteiger partial charge < -0.3 is 0 Å². The first-order valence-electron chi connectivity index (χ1n) is 10.2. The quantitative estimate of drug-likeness (QED) is 0.362. The summed E-state index contributed by atoms with van der Waals surface area (Å²) >= 11 is 0. The van der Waals surface area contributed by atoms with Gasteiger partial charge in [0, 0.05) is 0 Å². The molecule has 0 saturated heterocycles. The van der Waals surface area contributed by atoms with Crippen LogP contribution in [0.2, 0.25) is 0 Å². The second kappa shape index (κ2) is 9.30. The third kappa shape index (κ3) is 5.23. The van der Waals surface area contributed by atoms with Crippen LogP contribution in [0.3, 0.4) is 0 Å². The summed E-state index contributed by atoms with van der Waals surface area (Å²) in [7, 11) is 0. The average Bonchev–Trinajstić information content (AvgIpc) is 3.04. The van der Waals surface area contributed by atoms with Crippen LogP contribution in [-0.2, 0) is 12.8 Å². The third-order valence-electron chi connectivity index (χ3n) is 6.06. The largest absolute Gasteiger partial charge is 0.0882 e. The Morgan fingerprint density at radius 3 is 2.09 bits per heavy atom. The highest BCUT2D eigenvalue weighted by Crippen LogP contribution is 2.35. The van der Waals surface area contributed by atoms with Gasteiger partial charge >= 0.3 is 0 Å². The van der Waals surface area contributed by atoms with Gasteiger partial charge in [0.1, 0.15) is 0 Å². The molecular formula is C23H34. The zero-order valence-electron chi connectivity index (χ0n) is 14.8. The molecule has 0 nitrogen and oxygen atoms in total. The van der Waals surface area contributed by atoms with Crippen LogP contribution < -0.4 is 0 Å². The Morgan fingerprint density at radius 1 is 0.652 bits per heavy atom. The molecule has 4 rings (SSSR count). The summed E-state index contributed by atoms with van der Waals surface area (Å²) in [6.07, 6.45) is 23.5. The summed E-state index contributed by atoms with van der Waals surface area (Å²) in [4.78, 5) is 0. The molecule has 0 heteroatoms. The van der Waals surface area contributed by atoms with Gasteiger partial charge in [0.05, 0.1) is 0 Å². The van der Waals surface area contributed by atoms with Gasteiger partial charge in [-0.15, -0.1) is 0 Å². The van der Waals surface area contributed by atoms with E-state index < -0.39 is 0 Å². The van der Waals surface area contributed by atoms with Crippen molar-refractivity contribution in [3.63, 3.8) is 0 Å². The molecule has 3 aliphatic rings. The molecular weight excluding hydrogens is 276 g/mol. The van der Waals surface area contributed by atoms with Crippen LogP contribution in [0.1, 0.15) is 81.8 Å². The van der Waals surface area contributed by atoms with E-state index >= 15 is 0 Å². The molecule has 3 aliphatic carbocycles. The van der Waals surface area contributed by atoms with Gasteiger partial charge in [-0.05, 0) is 80.8 Å². The van der Waals surface area contributed by atoms with E-state index in [1.54, 1.807) is 11.1 Å². The standard InChI is InChI=1S/C12H20.C11H14/c1-3-7-11-9-5-2-6-10-12(11)8-4-1;1-2-6-10-8-4-5-9-11(10)7-3-1/h3,7,11-12H,1-2,4-6,8-10H2;4-5,8-9H,1-3,6-7H2. The molecule has 1 aromatic rings. The van der Waals surface area contributed by atoms with Gasteiger partial charge in [-0.2, -0.15) is 0 Å². The molecule has 1 aromatic carbocycles. The second-order valence-electron chi connectivity index (χ2n) is 7.75. The van der Waals surface area contributed by atoms with Crippen LogP contribution in [0.4, 0.5) is 0 Å². The molecule has 0 spiro atoms. The van der Waals surface area contributed by atoms with Crippen molar-refractivity contribution in [2.45, 2.75) is 83.5 Å². The van der Waals surface area contributed by atoms with Crippen molar-refractivity contribution in [3.8, 4) is 0 Å². The minimum Gasteiger partial charge on any atom is -0.0882 e. The minimum absolute atomic E-state index is 0.954. The van der Waals surface area contributed by atoms with Gasteiger partial charge in [-0.3, -0.25) is 0 Å². The summed E-state index contributed by atoms with van der Waals surface area (Å²) < 4.78 is 0. The maximum absolute atomic E-state index is 2.52. The van der Waals surface area contributed by atoms with Crippen LogP contribution in [0.25, 0.3) is 0 Å². The Kier molecular flexibility index (Phi) is 6.80. The van der Waals surface area contributed by atoms with Crippen molar-refractivity contribution in [1.29, 1.82) is 0 Å². The molecule has 0 heterocycles. The number of hydrogen-bond donors (Lipinski definition) is 0. The van der Waals surface area contributed by atoms with Crippen molar-refractivity contribution in [2.24, 2.45) is 11.8 Å². The fourth-order valence-electron chi connectivity index (χ4n) is 4.65. The Morgan fingerprint density at radius 2 is 1.30 bits per heavy atom. The van der Waals surface area contributed by atoms with Crippen molar-refractivity contribution in [3.05, 3.63) is 47.5 Å². The highest BCUT2D eigenvalue weighted by atomic mass is 14.3. The minimum atomic E-state index is 0.954.